The first-order chi connectivity index (χ1) is 9.66. The van der Waals surface area contributed by atoms with Crippen molar-refractivity contribution in [3.05, 3.63) is 38.9 Å². The summed E-state index contributed by atoms with van der Waals surface area (Å²) in [4.78, 5) is 10.3. The van der Waals surface area contributed by atoms with Crippen molar-refractivity contribution < 1.29 is 9.66 Å². The minimum Gasteiger partial charge on any atom is -0.378 e. The molecule has 1 aromatic rings. The van der Waals surface area contributed by atoms with Gasteiger partial charge in [-0.05, 0) is 43.9 Å². The van der Waals surface area contributed by atoms with Crippen molar-refractivity contribution in [3.63, 3.8) is 0 Å². The van der Waals surface area contributed by atoms with Crippen LogP contribution in [-0.4, -0.2) is 24.2 Å². The molecule has 1 aromatic carbocycles. The molecule has 0 radical (unpaired) electrons. The molecule has 0 spiro atoms. The van der Waals surface area contributed by atoms with Crippen molar-refractivity contribution in [3.8, 4) is 0 Å². The fourth-order valence-electron chi connectivity index (χ4n) is 2.33. The summed E-state index contributed by atoms with van der Waals surface area (Å²) >= 11 is 6.04. The number of rotatable bonds is 6. The predicted octanol–water partition coefficient (Wildman–Crippen LogP) is 3.30. The highest BCUT2D eigenvalue weighted by Gasteiger charge is 2.13. The van der Waals surface area contributed by atoms with E-state index in [2.05, 4.69) is 5.32 Å². The monoisotopic (exact) mass is 298 g/mol. The summed E-state index contributed by atoms with van der Waals surface area (Å²) in [6, 6.07) is 4.51. The van der Waals surface area contributed by atoms with Crippen LogP contribution in [0.25, 0.3) is 0 Å². The molecule has 0 amide bonds. The van der Waals surface area contributed by atoms with Gasteiger partial charge in [0.1, 0.15) is 0 Å². The first-order valence-electron chi connectivity index (χ1n) is 6.92. The number of benzene rings is 1. The van der Waals surface area contributed by atoms with Crippen LogP contribution in [0, 0.1) is 10.1 Å². The number of halogens is 1. The van der Waals surface area contributed by atoms with Crippen LogP contribution in [0.15, 0.2) is 18.2 Å². The first-order valence-corrected chi connectivity index (χ1v) is 7.30. The van der Waals surface area contributed by atoms with Crippen LogP contribution in [0.4, 0.5) is 5.69 Å². The van der Waals surface area contributed by atoms with E-state index in [0.717, 1.165) is 38.0 Å². The molecule has 0 bridgehead atoms. The molecule has 1 aliphatic heterocycles. The van der Waals surface area contributed by atoms with Crippen LogP contribution in [0.3, 0.4) is 0 Å². The molecule has 1 fully saturated rings. The van der Waals surface area contributed by atoms with Crippen molar-refractivity contribution in [2.24, 2.45) is 0 Å². The van der Waals surface area contributed by atoms with Gasteiger partial charge in [-0.3, -0.25) is 10.1 Å². The van der Waals surface area contributed by atoms with E-state index in [-0.39, 0.29) is 5.69 Å². The lowest BCUT2D eigenvalue weighted by Crippen LogP contribution is -2.25. The zero-order valence-electron chi connectivity index (χ0n) is 11.3. The van der Waals surface area contributed by atoms with Gasteiger partial charge < -0.3 is 10.1 Å². The molecule has 110 valence electrons. The van der Waals surface area contributed by atoms with E-state index in [1.807, 2.05) is 0 Å². The van der Waals surface area contributed by atoms with E-state index < -0.39 is 4.92 Å². The van der Waals surface area contributed by atoms with Gasteiger partial charge in [0.25, 0.3) is 5.69 Å². The van der Waals surface area contributed by atoms with E-state index in [9.17, 15) is 10.1 Å². The fraction of sp³-hybridized carbons (Fsp3) is 0.571. The van der Waals surface area contributed by atoms with Crippen molar-refractivity contribution >= 4 is 17.3 Å². The third kappa shape index (κ3) is 4.44. The molecule has 0 aromatic heterocycles. The van der Waals surface area contributed by atoms with Gasteiger partial charge >= 0.3 is 0 Å². The molecule has 0 saturated carbocycles. The van der Waals surface area contributed by atoms with E-state index in [1.165, 1.54) is 18.6 Å². The Morgan fingerprint density at radius 1 is 1.45 bits per heavy atom. The number of nitrogens with one attached hydrogen (secondary N) is 1. The zero-order chi connectivity index (χ0) is 14.4. The Morgan fingerprint density at radius 2 is 2.30 bits per heavy atom. The molecule has 1 heterocycles. The highest BCUT2D eigenvalue weighted by molar-refractivity contribution is 6.31. The molecule has 20 heavy (non-hydrogen) atoms. The second-order valence-corrected chi connectivity index (χ2v) is 5.39. The molecule has 1 aliphatic rings. The molecule has 2 rings (SSSR count). The third-order valence-corrected chi connectivity index (χ3v) is 3.84. The van der Waals surface area contributed by atoms with Gasteiger partial charge in [-0.2, -0.15) is 0 Å². The van der Waals surface area contributed by atoms with Gasteiger partial charge in [-0.1, -0.05) is 11.6 Å². The second kappa shape index (κ2) is 7.57. The van der Waals surface area contributed by atoms with Gasteiger partial charge in [0, 0.05) is 30.3 Å². The van der Waals surface area contributed by atoms with Crippen molar-refractivity contribution in [1.82, 2.24) is 5.32 Å². The molecular weight excluding hydrogens is 280 g/mol. The number of nitrogens with zero attached hydrogens (tertiary/aromatic N) is 1. The smallest absolute Gasteiger partial charge is 0.269 e. The number of hydrogen-bond acceptors (Lipinski definition) is 4. The number of nitro groups is 1. The Kier molecular flexibility index (Phi) is 5.76. The van der Waals surface area contributed by atoms with Gasteiger partial charge in [-0.15, -0.1) is 0 Å². The lowest BCUT2D eigenvalue weighted by molar-refractivity contribution is -0.384. The molecule has 1 saturated heterocycles. The summed E-state index contributed by atoms with van der Waals surface area (Å²) in [6.45, 7) is 2.22. The van der Waals surface area contributed by atoms with E-state index >= 15 is 0 Å². The Labute approximate surface area is 123 Å². The SMILES string of the molecule is O=[N+]([O-])c1ccc(Cl)c(CNCCC2CCCCO2)c1. The summed E-state index contributed by atoms with van der Waals surface area (Å²) in [5.41, 5.74) is 0.826. The van der Waals surface area contributed by atoms with Crippen LogP contribution >= 0.6 is 11.6 Å². The summed E-state index contributed by atoms with van der Waals surface area (Å²) in [6.07, 6.45) is 4.83. The average Bonchev–Trinajstić information content (AvgIpc) is 2.46. The number of hydrogen-bond donors (Lipinski definition) is 1. The third-order valence-electron chi connectivity index (χ3n) is 3.47. The summed E-state index contributed by atoms with van der Waals surface area (Å²) < 4.78 is 5.65. The lowest BCUT2D eigenvalue weighted by atomic mass is 10.1. The Hall–Kier alpha value is -1.17. The number of non-ortho nitro benzene ring substituents is 1. The van der Waals surface area contributed by atoms with Crippen LogP contribution < -0.4 is 5.32 Å². The van der Waals surface area contributed by atoms with E-state index in [4.69, 9.17) is 16.3 Å². The average molecular weight is 299 g/mol. The molecule has 5 nitrogen and oxygen atoms in total. The number of nitro benzene ring substituents is 1. The summed E-state index contributed by atoms with van der Waals surface area (Å²) in [7, 11) is 0. The van der Waals surface area contributed by atoms with Gasteiger partial charge in [-0.25, -0.2) is 0 Å². The largest absolute Gasteiger partial charge is 0.378 e. The zero-order valence-corrected chi connectivity index (χ0v) is 12.1. The Morgan fingerprint density at radius 3 is 3.00 bits per heavy atom. The Bertz CT molecular complexity index is 462. The minimum atomic E-state index is -0.407. The summed E-state index contributed by atoms with van der Waals surface area (Å²) in [5, 5.41) is 14.5. The first kappa shape index (κ1) is 15.2. The van der Waals surface area contributed by atoms with Crippen molar-refractivity contribution in [2.75, 3.05) is 13.2 Å². The molecule has 6 heteroatoms. The fourth-order valence-corrected chi connectivity index (χ4v) is 2.52. The van der Waals surface area contributed by atoms with E-state index in [1.54, 1.807) is 6.07 Å². The topological polar surface area (TPSA) is 64.4 Å². The van der Waals surface area contributed by atoms with Crippen LogP contribution in [-0.2, 0) is 11.3 Å². The highest BCUT2D eigenvalue weighted by atomic mass is 35.5. The highest BCUT2D eigenvalue weighted by Crippen LogP contribution is 2.22. The molecule has 0 aliphatic carbocycles. The maximum absolute atomic E-state index is 10.7. The normalized spacial score (nSPS) is 18.9. The van der Waals surface area contributed by atoms with Gasteiger partial charge in [0.05, 0.1) is 11.0 Å². The van der Waals surface area contributed by atoms with Crippen molar-refractivity contribution in [2.45, 2.75) is 38.3 Å². The van der Waals surface area contributed by atoms with Crippen LogP contribution in [0.1, 0.15) is 31.2 Å². The molecule has 1 N–H and O–H groups in total. The lowest BCUT2D eigenvalue weighted by Gasteiger charge is -2.22. The quantitative estimate of drug-likeness (QED) is 0.497. The number of ether oxygens (including phenoxy) is 1. The Balaban J connectivity index is 1.78. The molecule has 1 unspecified atom stereocenters. The second-order valence-electron chi connectivity index (χ2n) is 4.99. The van der Waals surface area contributed by atoms with Gasteiger partial charge in [0.2, 0.25) is 0 Å². The standard InChI is InChI=1S/C14H19ClN2O3/c15-14-5-4-12(17(18)19)9-11(14)10-16-7-6-13-3-1-2-8-20-13/h4-5,9,13,16H,1-3,6-8,10H2. The predicted molar refractivity (Wildman–Crippen MR) is 78.0 cm³/mol. The maximum atomic E-state index is 10.7. The van der Waals surface area contributed by atoms with Crippen LogP contribution in [0.5, 0.6) is 0 Å². The maximum Gasteiger partial charge on any atom is 0.269 e. The van der Waals surface area contributed by atoms with E-state index in [0.29, 0.717) is 17.7 Å². The van der Waals surface area contributed by atoms with Gasteiger partial charge in [0.15, 0.2) is 0 Å². The molecule has 1 atom stereocenters. The summed E-state index contributed by atoms with van der Waals surface area (Å²) in [5.74, 6) is 0. The molecular formula is C14H19ClN2O3. The van der Waals surface area contributed by atoms with Crippen molar-refractivity contribution in [1.29, 1.82) is 0 Å². The van der Waals surface area contributed by atoms with Crippen LogP contribution in [0.2, 0.25) is 5.02 Å². The minimum absolute atomic E-state index is 0.0711.